The van der Waals surface area contributed by atoms with Gasteiger partial charge >= 0.3 is 0 Å². The minimum Gasteiger partial charge on any atom is -0.497 e. The topological polar surface area (TPSA) is 59.1 Å². The maximum Gasteiger partial charge on any atom is 0.254 e. The number of rotatable bonds is 7. The Balaban J connectivity index is 1.60. The molecule has 6 nitrogen and oxygen atoms in total. The van der Waals surface area contributed by atoms with E-state index in [1.165, 1.54) is 4.88 Å². The van der Waals surface area contributed by atoms with Gasteiger partial charge in [0.25, 0.3) is 5.91 Å². The molecule has 0 radical (unpaired) electrons. The van der Waals surface area contributed by atoms with E-state index in [2.05, 4.69) is 11.4 Å². The van der Waals surface area contributed by atoms with Gasteiger partial charge in [-0.1, -0.05) is 12.1 Å². The highest BCUT2D eigenvalue weighted by Crippen LogP contribution is 2.38. The number of nitrogens with zero attached hydrogens (tertiary/aromatic N) is 2. The maximum absolute atomic E-state index is 13.7. The van der Waals surface area contributed by atoms with Crippen LogP contribution in [0.4, 0.5) is 0 Å². The van der Waals surface area contributed by atoms with Gasteiger partial charge in [-0.3, -0.25) is 9.59 Å². The second kappa shape index (κ2) is 10.3. The van der Waals surface area contributed by atoms with Crippen molar-refractivity contribution >= 4 is 23.2 Å². The first-order valence-corrected chi connectivity index (χ1v) is 12.3. The Morgan fingerprint density at radius 3 is 2.21 bits per heavy atom. The summed E-state index contributed by atoms with van der Waals surface area (Å²) in [6.07, 6.45) is 0.819. The molecule has 2 aromatic carbocycles. The van der Waals surface area contributed by atoms with Gasteiger partial charge in [0.1, 0.15) is 18.0 Å². The van der Waals surface area contributed by atoms with E-state index < -0.39 is 0 Å². The smallest absolute Gasteiger partial charge is 0.254 e. The molecule has 4 rings (SSSR count). The molecule has 0 saturated heterocycles. The summed E-state index contributed by atoms with van der Waals surface area (Å²) in [5.41, 5.74) is 2.73. The van der Waals surface area contributed by atoms with Crippen molar-refractivity contribution in [2.45, 2.75) is 32.4 Å². The maximum atomic E-state index is 13.7. The molecule has 1 aromatic heterocycles. The van der Waals surface area contributed by atoms with Crippen LogP contribution in [0.15, 0.2) is 60.0 Å². The van der Waals surface area contributed by atoms with Crippen LogP contribution in [0.3, 0.4) is 0 Å². The minimum absolute atomic E-state index is 0.0225. The quantitative estimate of drug-likeness (QED) is 0.490. The SMILES string of the molecule is COc1ccc(C(=O)N(CC(=O)N2CCc3sccc3C2c2ccc(OC)cc2)C(C)C)cc1. The zero-order valence-electron chi connectivity index (χ0n) is 20.0. The molecule has 0 bridgehead atoms. The summed E-state index contributed by atoms with van der Waals surface area (Å²) in [6.45, 7) is 4.51. The zero-order chi connectivity index (χ0) is 24.2. The first-order chi connectivity index (χ1) is 16.4. The van der Waals surface area contributed by atoms with Crippen LogP contribution >= 0.6 is 11.3 Å². The summed E-state index contributed by atoms with van der Waals surface area (Å²) >= 11 is 1.73. The highest BCUT2D eigenvalue weighted by atomic mass is 32.1. The zero-order valence-corrected chi connectivity index (χ0v) is 20.8. The summed E-state index contributed by atoms with van der Waals surface area (Å²) in [5, 5.41) is 2.09. The fourth-order valence-corrected chi connectivity index (χ4v) is 5.26. The van der Waals surface area contributed by atoms with Crippen LogP contribution < -0.4 is 9.47 Å². The van der Waals surface area contributed by atoms with E-state index in [4.69, 9.17) is 9.47 Å². The second-order valence-corrected chi connectivity index (χ2v) is 9.57. The van der Waals surface area contributed by atoms with Gasteiger partial charge in [0, 0.05) is 23.0 Å². The first kappa shape index (κ1) is 23.8. The predicted molar refractivity (Wildman–Crippen MR) is 134 cm³/mol. The van der Waals surface area contributed by atoms with Crippen molar-refractivity contribution in [1.82, 2.24) is 9.80 Å². The third-order valence-corrected chi connectivity index (χ3v) is 7.24. The Hall–Kier alpha value is -3.32. The molecule has 3 aromatic rings. The molecular weight excluding hydrogens is 448 g/mol. The van der Waals surface area contributed by atoms with Gasteiger partial charge in [0.15, 0.2) is 0 Å². The second-order valence-electron chi connectivity index (χ2n) is 8.57. The molecule has 34 heavy (non-hydrogen) atoms. The molecule has 0 saturated carbocycles. The lowest BCUT2D eigenvalue weighted by atomic mass is 9.93. The summed E-state index contributed by atoms with van der Waals surface area (Å²) < 4.78 is 10.5. The minimum atomic E-state index is -0.182. The summed E-state index contributed by atoms with van der Waals surface area (Å²) in [4.78, 5) is 31.8. The largest absolute Gasteiger partial charge is 0.497 e. The molecular formula is C27H30N2O4S. The Morgan fingerprint density at radius 1 is 1.00 bits per heavy atom. The van der Waals surface area contributed by atoms with Crippen LogP contribution in [-0.2, 0) is 11.2 Å². The van der Waals surface area contributed by atoms with Crippen LogP contribution in [0.25, 0.3) is 0 Å². The average molecular weight is 479 g/mol. The number of carbonyl (C=O) groups is 2. The Bertz CT molecular complexity index is 1140. The van der Waals surface area contributed by atoms with Crippen LogP contribution in [0.5, 0.6) is 11.5 Å². The van der Waals surface area contributed by atoms with E-state index in [9.17, 15) is 9.59 Å². The Labute approximate surface area is 204 Å². The van der Waals surface area contributed by atoms with E-state index in [1.807, 2.05) is 43.0 Å². The molecule has 0 aliphatic carbocycles. The number of carbonyl (C=O) groups excluding carboxylic acids is 2. The van der Waals surface area contributed by atoms with Gasteiger partial charge in [-0.25, -0.2) is 0 Å². The summed E-state index contributed by atoms with van der Waals surface area (Å²) in [7, 11) is 3.23. The average Bonchev–Trinajstić information content (AvgIpc) is 3.35. The molecule has 1 atom stereocenters. The summed E-state index contributed by atoms with van der Waals surface area (Å²) in [5.74, 6) is 1.23. The van der Waals surface area contributed by atoms with Crippen molar-refractivity contribution in [3.8, 4) is 11.5 Å². The fourth-order valence-electron chi connectivity index (χ4n) is 4.36. The van der Waals surface area contributed by atoms with E-state index in [0.717, 1.165) is 23.3 Å². The highest BCUT2D eigenvalue weighted by Gasteiger charge is 2.34. The molecule has 1 unspecified atom stereocenters. The van der Waals surface area contributed by atoms with Crippen LogP contribution in [0.2, 0.25) is 0 Å². The van der Waals surface area contributed by atoms with Gasteiger partial charge in [0.05, 0.1) is 20.3 Å². The molecule has 1 aliphatic rings. The Morgan fingerprint density at radius 2 is 1.62 bits per heavy atom. The van der Waals surface area contributed by atoms with Crippen molar-refractivity contribution in [1.29, 1.82) is 0 Å². The lowest BCUT2D eigenvalue weighted by molar-refractivity contribution is -0.134. The molecule has 0 N–H and O–H groups in total. The standard InChI is InChI=1S/C27H30N2O4S/c1-18(2)29(27(31)20-7-11-22(33-4)12-8-20)17-25(30)28-15-13-24-23(14-16-34-24)26(28)19-5-9-21(32-3)10-6-19/h5-12,14,16,18,26H,13,15,17H2,1-4H3. The number of hydrogen-bond donors (Lipinski definition) is 0. The van der Waals surface area contributed by atoms with Crippen LogP contribution in [0, 0.1) is 0 Å². The third-order valence-electron chi connectivity index (χ3n) is 6.24. The highest BCUT2D eigenvalue weighted by molar-refractivity contribution is 7.10. The lowest BCUT2D eigenvalue weighted by Crippen LogP contribution is -2.48. The molecule has 178 valence electrons. The fraction of sp³-hybridized carbons (Fsp3) is 0.333. The van der Waals surface area contributed by atoms with Gasteiger partial charge < -0.3 is 19.3 Å². The normalized spacial score (nSPS) is 15.1. The van der Waals surface area contributed by atoms with Gasteiger partial charge in [-0.2, -0.15) is 0 Å². The molecule has 7 heteroatoms. The number of amides is 2. The van der Waals surface area contributed by atoms with Gasteiger partial charge in [-0.05, 0) is 79.2 Å². The molecule has 2 amide bonds. The van der Waals surface area contributed by atoms with Gasteiger partial charge in [-0.15, -0.1) is 11.3 Å². The van der Waals surface area contributed by atoms with Crippen molar-refractivity contribution in [2.75, 3.05) is 27.3 Å². The van der Waals surface area contributed by atoms with Crippen molar-refractivity contribution in [2.24, 2.45) is 0 Å². The summed E-state index contributed by atoms with van der Waals surface area (Å²) in [6, 6.07) is 16.7. The number of fused-ring (bicyclic) bond motifs is 1. The van der Waals surface area contributed by atoms with Crippen molar-refractivity contribution in [3.05, 3.63) is 81.5 Å². The third kappa shape index (κ3) is 4.80. The van der Waals surface area contributed by atoms with Crippen molar-refractivity contribution < 1.29 is 19.1 Å². The molecule has 0 spiro atoms. The van der Waals surface area contributed by atoms with E-state index in [1.54, 1.807) is 54.7 Å². The van der Waals surface area contributed by atoms with Crippen molar-refractivity contribution in [3.63, 3.8) is 0 Å². The predicted octanol–water partition coefficient (Wildman–Crippen LogP) is 4.79. The van der Waals surface area contributed by atoms with Crippen LogP contribution in [0.1, 0.15) is 46.3 Å². The Kier molecular flexibility index (Phi) is 7.22. The number of ether oxygens (including phenoxy) is 2. The number of hydrogen-bond acceptors (Lipinski definition) is 5. The number of thiophene rings is 1. The first-order valence-electron chi connectivity index (χ1n) is 11.4. The number of methoxy groups -OCH3 is 2. The number of benzene rings is 2. The van der Waals surface area contributed by atoms with E-state index in [0.29, 0.717) is 17.9 Å². The molecule has 0 fully saturated rings. The van der Waals surface area contributed by atoms with E-state index in [-0.39, 0.29) is 30.4 Å². The monoisotopic (exact) mass is 478 g/mol. The van der Waals surface area contributed by atoms with E-state index >= 15 is 0 Å². The lowest BCUT2D eigenvalue weighted by Gasteiger charge is -2.38. The van der Waals surface area contributed by atoms with Gasteiger partial charge in [0.2, 0.25) is 5.91 Å². The molecule has 1 aliphatic heterocycles. The van der Waals surface area contributed by atoms with Crippen LogP contribution in [-0.4, -0.2) is 55.0 Å². The molecule has 2 heterocycles.